The number of ether oxygens (including phenoxy) is 2. The highest BCUT2D eigenvalue weighted by Crippen LogP contribution is 2.51. The van der Waals surface area contributed by atoms with Crippen LogP contribution in [0.1, 0.15) is 19.3 Å². The van der Waals surface area contributed by atoms with E-state index in [-0.39, 0.29) is 0 Å². The highest BCUT2D eigenvalue weighted by molar-refractivity contribution is 6.01. The number of fused-ring (bicyclic) bond motifs is 4. The van der Waals surface area contributed by atoms with Gasteiger partial charge in [-0.15, -0.1) is 0 Å². The van der Waals surface area contributed by atoms with Crippen molar-refractivity contribution in [3.8, 4) is 0 Å². The zero-order valence-corrected chi connectivity index (χ0v) is 11.1. The molecule has 0 saturated heterocycles. The molecular formula is C15H16O4. The van der Waals surface area contributed by atoms with Gasteiger partial charge in [0.05, 0.1) is 25.4 Å². The largest absolute Gasteiger partial charge is 0.466 e. The minimum atomic E-state index is -0.418. The quantitative estimate of drug-likeness (QED) is 0.562. The summed E-state index contributed by atoms with van der Waals surface area (Å²) in [6.45, 7) is 0. The first-order chi connectivity index (χ1) is 9.15. The van der Waals surface area contributed by atoms with E-state index in [0.717, 1.165) is 6.42 Å². The molecule has 0 radical (unpaired) electrons. The Morgan fingerprint density at radius 3 is 1.74 bits per heavy atom. The van der Waals surface area contributed by atoms with Gasteiger partial charge in [0.15, 0.2) is 0 Å². The van der Waals surface area contributed by atoms with Crippen LogP contribution in [0.5, 0.6) is 0 Å². The lowest BCUT2D eigenvalue weighted by atomic mass is 9.81. The summed E-state index contributed by atoms with van der Waals surface area (Å²) in [7, 11) is 2.68. The van der Waals surface area contributed by atoms with Crippen LogP contribution >= 0.6 is 0 Å². The Kier molecular flexibility index (Phi) is 2.81. The first kappa shape index (κ1) is 12.2. The van der Waals surface area contributed by atoms with Gasteiger partial charge < -0.3 is 9.47 Å². The number of carbonyl (C=O) groups is 2. The summed E-state index contributed by atoms with van der Waals surface area (Å²) in [6, 6.07) is 0. The molecule has 100 valence electrons. The number of methoxy groups -OCH3 is 2. The summed E-state index contributed by atoms with van der Waals surface area (Å²) in [5, 5.41) is 0. The molecule has 0 heterocycles. The maximum absolute atomic E-state index is 11.9. The van der Waals surface area contributed by atoms with Gasteiger partial charge in [-0.1, -0.05) is 23.3 Å². The molecule has 0 N–H and O–H groups in total. The van der Waals surface area contributed by atoms with Gasteiger partial charge in [0.1, 0.15) is 0 Å². The van der Waals surface area contributed by atoms with Crippen LogP contribution in [0.25, 0.3) is 0 Å². The predicted molar refractivity (Wildman–Crippen MR) is 68.1 cm³/mol. The molecule has 0 fully saturated rings. The van der Waals surface area contributed by atoms with E-state index >= 15 is 0 Å². The molecule has 3 aliphatic carbocycles. The average Bonchev–Trinajstić information content (AvgIpc) is 3.05. The monoisotopic (exact) mass is 260 g/mol. The maximum Gasteiger partial charge on any atom is 0.334 e. The number of hydrogen-bond acceptors (Lipinski definition) is 4. The maximum atomic E-state index is 11.9. The van der Waals surface area contributed by atoms with Crippen LogP contribution in [0.3, 0.4) is 0 Å². The molecule has 4 nitrogen and oxygen atoms in total. The van der Waals surface area contributed by atoms with E-state index in [4.69, 9.17) is 9.47 Å². The summed E-state index contributed by atoms with van der Waals surface area (Å²) >= 11 is 0. The Labute approximate surface area is 111 Å². The van der Waals surface area contributed by atoms with Gasteiger partial charge in [0, 0.05) is 12.8 Å². The van der Waals surface area contributed by atoms with Crippen LogP contribution < -0.4 is 0 Å². The molecule has 0 aromatic rings. The summed E-state index contributed by atoms with van der Waals surface area (Å²) in [6.07, 6.45) is 6.56. The van der Waals surface area contributed by atoms with Gasteiger partial charge in [-0.25, -0.2) is 9.59 Å². The predicted octanol–water partition coefficient (Wildman–Crippen LogP) is 1.93. The Bertz CT molecular complexity index is 504. The lowest BCUT2D eigenvalue weighted by molar-refractivity contribution is -0.139. The van der Waals surface area contributed by atoms with Crippen LogP contribution in [-0.4, -0.2) is 26.2 Å². The third-order valence-electron chi connectivity index (χ3n) is 4.35. The Balaban J connectivity index is 1.96. The first-order valence-corrected chi connectivity index (χ1v) is 6.44. The molecule has 3 aliphatic rings. The molecule has 0 saturated carbocycles. The van der Waals surface area contributed by atoms with Gasteiger partial charge in [-0.05, 0) is 18.3 Å². The summed E-state index contributed by atoms with van der Waals surface area (Å²) in [5.41, 5.74) is 3.55. The van der Waals surface area contributed by atoms with Crippen molar-refractivity contribution >= 4 is 11.9 Å². The number of carbonyl (C=O) groups excluding carboxylic acids is 2. The van der Waals surface area contributed by atoms with Gasteiger partial charge in [-0.2, -0.15) is 0 Å². The van der Waals surface area contributed by atoms with Crippen LogP contribution in [-0.2, 0) is 19.1 Å². The normalized spacial score (nSPS) is 27.7. The van der Waals surface area contributed by atoms with Crippen molar-refractivity contribution < 1.29 is 19.1 Å². The van der Waals surface area contributed by atoms with Crippen LogP contribution in [0, 0.1) is 11.8 Å². The van der Waals surface area contributed by atoms with Crippen molar-refractivity contribution in [2.24, 2.45) is 11.8 Å². The highest BCUT2D eigenvalue weighted by atomic mass is 16.5. The SMILES string of the molecule is COC(=O)C1=C(C(=O)OC)CC2=C(C1)C1C=CC2C1. The molecule has 4 heteroatoms. The second-order valence-corrected chi connectivity index (χ2v) is 5.18. The fourth-order valence-corrected chi connectivity index (χ4v) is 3.41. The number of esters is 2. The van der Waals surface area contributed by atoms with Crippen molar-refractivity contribution in [3.05, 3.63) is 34.4 Å². The second-order valence-electron chi connectivity index (χ2n) is 5.18. The lowest BCUT2D eigenvalue weighted by Crippen LogP contribution is -2.21. The third-order valence-corrected chi connectivity index (χ3v) is 4.35. The fourth-order valence-electron chi connectivity index (χ4n) is 3.41. The third kappa shape index (κ3) is 1.74. The van der Waals surface area contributed by atoms with Crippen molar-refractivity contribution in [1.82, 2.24) is 0 Å². The Hall–Kier alpha value is -1.84. The second kappa shape index (κ2) is 4.37. The summed E-state index contributed by atoms with van der Waals surface area (Å²) in [4.78, 5) is 23.7. The molecule has 3 rings (SSSR count). The van der Waals surface area contributed by atoms with E-state index < -0.39 is 11.9 Å². The minimum absolute atomic E-state index is 0.418. The van der Waals surface area contributed by atoms with E-state index in [1.165, 1.54) is 25.4 Å². The van der Waals surface area contributed by atoms with Crippen molar-refractivity contribution in [2.45, 2.75) is 19.3 Å². The number of rotatable bonds is 2. The zero-order valence-electron chi connectivity index (χ0n) is 11.1. The molecule has 2 bridgehead atoms. The molecule has 2 atom stereocenters. The van der Waals surface area contributed by atoms with Crippen molar-refractivity contribution in [3.63, 3.8) is 0 Å². The van der Waals surface area contributed by atoms with E-state index in [0.29, 0.717) is 35.8 Å². The van der Waals surface area contributed by atoms with E-state index in [1.54, 1.807) is 0 Å². The van der Waals surface area contributed by atoms with Crippen LogP contribution in [0.15, 0.2) is 34.4 Å². The van der Waals surface area contributed by atoms with E-state index in [9.17, 15) is 9.59 Å². The molecule has 0 aromatic carbocycles. The topological polar surface area (TPSA) is 52.6 Å². The molecule has 0 amide bonds. The number of allylic oxidation sites excluding steroid dienone is 4. The van der Waals surface area contributed by atoms with Gasteiger partial charge in [0.25, 0.3) is 0 Å². The van der Waals surface area contributed by atoms with Gasteiger partial charge >= 0.3 is 11.9 Å². The Morgan fingerprint density at radius 2 is 1.37 bits per heavy atom. The molecule has 0 aliphatic heterocycles. The molecular weight excluding hydrogens is 244 g/mol. The molecule has 19 heavy (non-hydrogen) atoms. The smallest absolute Gasteiger partial charge is 0.334 e. The van der Waals surface area contributed by atoms with Gasteiger partial charge in [0.2, 0.25) is 0 Å². The van der Waals surface area contributed by atoms with E-state index in [1.807, 2.05) is 0 Å². The first-order valence-electron chi connectivity index (χ1n) is 6.44. The average molecular weight is 260 g/mol. The molecule has 0 spiro atoms. The lowest BCUT2D eigenvalue weighted by Gasteiger charge is -2.24. The van der Waals surface area contributed by atoms with Crippen LogP contribution in [0.2, 0.25) is 0 Å². The number of hydrogen-bond donors (Lipinski definition) is 0. The van der Waals surface area contributed by atoms with Gasteiger partial charge in [-0.3, -0.25) is 0 Å². The highest BCUT2D eigenvalue weighted by Gasteiger charge is 2.40. The Morgan fingerprint density at radius 1 is 0.947 bits per heavy atom. The van der Waals surface area contributed by atoms with Crippen molar-refractivity contribution in [1.29, 1.82) is 0 Å². The van der Waals surface area contributed by atoms with Crippen LogP contribution in [0.4, 0.5) is 0 Å². The van der Waals surface area contributed by atoms with E-state index in [2.05, 4.69) is 12.2 Å². The zero-order chi connectivity index (χ0) is 13.6. The standard InChI is InChI=1S/C15H16O4/c1-18-14(16)12-6-10-8-3-4-9(5-8)11(10)7-13(12)15(17)19-2/h3-4,8-9H,5-7H2,1-2H3. The summed E-state index contributed by atoms with van der Waals surface area (Å²) < 4.78 is 9.60. The molecule has 2 unspecified atom stereocenters. The minimum Gasteiger partial charge on any atom is -0.466 e. The van der Waals surface area contributed by atoms with Crippen molar-refractivity contribution in [2.75, 3.05) is 14.2 Å². The molecule has 0 aromatic heterocycles. The fraction of sp³-hybridized carbons (Fsp3) is 0.467. The summed E-state index contributed by atoms with van der Waals surface area (Å²) in [5.74, 6) is 0.0510.